The molecule has 0 saturated heterocycles. The zero-order chi connectivity index (χ0) is 16.3. The molecule has 1 heterocycles. The minimum Gasteiger partial charge on any atom is -0.374 e. The summed E-state index contributed by atoms with van der Waals surface area (Å²) in [6.07, 6.45) is 4.25. The molecule has 0 unspecified atom stereocenters. The van der Waals surface area contributed by atoms with E-state index in [0.717, 1.165) is 12.5 Å². The molecule has 0 amide bonds. The van der Waals surface area contributed by atoms with Crippen LogP contribution in [-0.4, -0.2) is 50.3 Å². The summed E-state index contributed by atoms with van der Waals surface area (Å²) in [5.74, 6) is 0.624. The van der Waals surface area contributed by atoms with Gasteiger partial charge in [-0.2, -0.15) is 0 Å². The quantitative estimate of drug-likeness (QED) is 0.322. The van der Waals surface area contributed by atoms with E-state index in [-0.39, 0.29) is 0 Å². The summed E-state index contributed by atoms with van der Waals surface area (Å²) in [7, 11) is -2.55. The minimum atomic E-state index is -2.55. The Morgan fingerprint density at radius 1 is 1.23 bits per heavy atom. The Bertz CT molecular complexity index is 402. The van der Waals surface area contributed by atoms with Crippen LogP contribution in [0.2, 0.25) is 6.04 Å². The van der Waals surface area contributed by atoms with Crippen molar-refractivity contribution >= 4 is 32.1 Å². The van der Waals surface area contributed by atoms with E-state index in [4.69, 9.17) is 25.5 Å². The van der Waals surface area contributed by atoms with Gasteiger partial charge >= 0.3 is 8.80 Å². The third-order valence-corrected chi connectivity index (χ3v) is 6.17. The molecule has 0 aliphatic rings. The van der Waals surface area contributed by atoms with Gasteiger partial charge in [0.1, 0.15) is 0 Å². The summed E-state index contributed by atoms with van der Waals surface area (Å²) in [4.78, 5) is 6.98. The molecule has 0 spiro atoms. The number of H-pyrrole nitrogens is 1. The van der Waals surface area contributed by atoms with Crippen molar-refractivity contribution in [3.8, 4) is 0 Å². The largest absolute Gasteiger partial charge is 0.500 e. The zero-order valence-electron chi connectivity index (χ0n) is 13.5. The van der Waals surface area contributed by atoms with Crippen LogP contribution < -0.4 is 10.6 Å². The molecule has 1 rings (SSSR count). The number of imidazole rings is 1. The molecular formula is C13H26N4O3SSi. The molecule has 1 aromatic rings. The first-order valence-electron chi connectivity index (χ1n) is 7.61. The van der Waals surface area contributed by atoms with E-state index in [1.165, 1.54) is 0 Å². The van der Waals surface area contributed by atoms with Gasteiger partial charge in [-0.05, 0) is 39.4 Å². The molecule has 0 aliphatic carbocycles. The van der Waals surface area contributed by atoms with Gasteiger partial charge < -0.3 is 28.9 Å². The van der Waals surface area contributed by atoms with E-state index in [9.17, 15) is 0 Å². The molecule has 1 aromatic heterocycles. The van der Waals surface area contributed by atoms with Gasteiger partial charge in [-0.25, -0.2) is 4.98 Å². The third-order valence-electron chi connectivity index (χ3n) is 2.77. The Morgan fingerprint density at radius 2 is 1.86 bits per heavy atom. The number of nitrogens with one attached hydrogen (secondary N) is 3. The fraction of sp³-hybridized carbons (Fsp3) is 0.692. The highest BCUT2D eigenvalue weighted by atomic mass is 32.1. The molecule has 3 N–H and O–H groups in total. The molecule has 9 heteroatoms. The van der Waals surface area contributed by atoms with Crippen LogP contribution >= 0.6 is 12.2 Å². The summed E-state index contributed by atoms with van der Waals surface area (Å²) in [6, 6.07) is 0.763. The van der Waals surface area contributed by atoms with Gasteiger partial charge in [0.25, 0.3) is 0 Å². The van der Waals surface area contributed by atoms with Crippen LogP contribution in [0.25, 0.3) is 0 Å². The third kappa shape index (κ3) is 6.84. The first kappa shape index (κ1) is 19.0. The topological polar surface area (TPSA) is 80.4 Å². The van der Waals surface area contributed by atoms with Gasteiger partial charge in [-0.3, -0.25) is 0 Å². The number of hydrogen-bond donors (Lipinski definition) is 3. The van der Waals surface area contributed by atoms with Crippen LogP contribution in [0.1, 0.15) is 27.2 Å². The molecule has 7 nitrogen and oxygen atoms in total. The van der Waals surface area contributed by atoms with E-state index in [1.807, 2.05) is 20.8 Å². The maximum absolute atomic E-state index is 5.81. The smallest absolute Gasteiger partial charge is 0.374 e. The highest BCUT2D eigenvalue weighted by molar-refractivity contribution is 7.80. The second-order valence-corrected chi connectivity index (χ2v) is 7.54. The van der Waals surface area contributed by atoms with Gasteiger partial charge in [-0.15, -0.1) is 0 Å². The summed E-state index contributed by atoms with van der Waals surface area (Å²) in [5, 5.41) is 6.64. The van der Waals surface area contributed by atoms with Gasteiger partial charge in [0, 0.05) is 44.8 Å². The van der Waals surface area contributed by atoms with Gasteiger partial charge in [0.15, 0.2) is 5.11 Å². The van der Waals surface area contributed by atoms with Crippen molar-refractivity contribution in [2.24, 2.45) is 0 Å². The highest BCUT2D eigenvalue weighted by Crippen LogP contribution is 2.17. The van der Waals surface area contributed by atoms with Crippen molar-refractivity contribution in [2.45, 2.75) is 33.2 Å². The standard InChI is InChI=1S/C13H26N4O3SSi/c1-4-18-22(19-5-2,20-6-3)11-7-8-16-13(21)17-12-14-9-10-15-12/h9-10H,4-8,11H2,1-3H3,(H3,14,15,16,17,21). The number of aromatic amines is 1. The Balaban J connectivity index is 2.33. The van der Waals surface area contributed by atoms with Crippen molar-refractivity contribution in [1.29, 1.82) is 0 Å². The maximum Gasteiger partial charge on any atom is 0.500 e. The lowest BCUT2D eigenvalue weighted by Gasteiger charge is -2.28. The van der Waals surface area contributed by atoms with Gasteiger partial charge in [-0.1, -0.05) is 0 Å². The number of anilines is 1. The van der Waals surface area contributed by atoms with Crippen LogP contribution in [0.3, 0.4) is 0 Å². The molecule has 0 bridgehead atoms. The van der Waals surface area contributed by atoms with E-state index in [2.05, 4.69) is 20.6 Å². The van der Waals surface area contributed by atoms with Gasteiger partial charge in [0.05, 0.1) is 0 Å². The number of rotatable bonds is 11. The second-order valence-electron chi connectivity index (χ2n) is 4.40. The van der Waals surface area contributed by atoms with Crippen molar-refractivity contribution in [3.05, 3.63) is 12.4 Å². The lowest BCUT2D eigenvalue weighted by atomic mass is 10.5. The van der Waals surface area contributed by atoms with Gasteiger partial charge in [0.2, 0.25) is 5.95 Å². The van der Waals surface area contributed by atoms with E-state index in [0.29, 0.717) is 37.4 Å². The van der Waals surface area contributed by atoms with Crippen LogP contribution in [0.5, 0.6) is 0 Å². The van der Waals surface area contributed by atoms with E-state index in [1.54, 1.807) is 12.4 Å². The van der Waals surface area contributed by atoms with Crippen LogP contribution in [0.4, 0.5) is 5.95 Å². The molecule has 0 saturated carbocycles. The molecule has 0 atom stereocenters. The Kier molecular flexibility index (Phi) is 9.24. The fourth-order valence-electron chi connectivity index (χ4n) is 1.99. The highest BCUT2D eigenvalue weighted by Gasteiger charge is 2.39. The molecule has 126 valence electrons. The molecule has 0 fully saturated rings. The number of aromatic nitrogens is 2. The van der Waals surface area contributed by atoms with Crippen molar-refractivity contribution in [1.82, 2.24) is 15.3 Å². The average molecular weight is 347 g/mol. The first-order valence-corrected chi connectivity index (χ1v) is 9.95. The Hall–Kier alpha value is -1.00. The summed E-state index contributed by atoms with van der Waals surface area (Å²) >= 11 is 5.20. The lowest BCUT2D eigenvalue weighted by molar-refractivity contribution is 0.0709. The lowest BCUT2D eigenvalue weighted by Crippen LogP contribution is -2.46. The van der Waals surface area contributed by atoms with Crippen molar-refractivity contribution in [2.75, 3.05) is 31.7 Å². The van der Waals surface area contributed by atoms with E-state index < -0.39 is 8.80 Å². The van der Waals surface area contributed by atoms with Crippen LogP contribution in [0.15, 0.2) is 12.4 Å². The predicted molar refractivity (Wildman–Crippen MR) is 92.9 cm³/mol. The Labute approximate surface area is 138 Å². The summed E-state index contributed by atoms with van der Waals surface area (Å²) < 4.78 is 17.4. The van der Waals surface area contributed by atoms with Crippen LogP contribution in [0, 0.1) is 0 Å². The monoisotopic (exact) mass is 346 g/mol. The Morgan fingerprint density at radius 3 is 2.36 bits per heavy atom. The number of nitrogens with zero attached hydrogens (tertiary/aromatic N) is 1. The second kappa shape index (κ2) is 10.7. The molecule has 0 aromatic carbocycles. The average Bonchev–Trinajstić information content (AvgIpc) is 2.97. The molecule has 0 aliphatic heterocycles. The molecule has 22 heavy (non-hydrogen) atoms. The normalized spacial score (nSPS) is 11.4. The fourth-order valence-corrected chi connectivity index (χ4v) is 4.80. The number of hydrogen-bond acceptors (Lipinski definition) is 5. The van der Waals surface area contributed by atoms with Crippen LogP contribution in [-0.2, 0) is 13.3 Å². The van der Waals surface area contributed by atoms with Crippen molar-refractivity contribution < 1.29 is 13.3 Å². The zero-order valence-corrected chi connectivity index (χ0v) is 15.3. The molecular weight excluding hydrogens is 320 g/mol. The minimum absolute atomic E-state index is 0.534. The predicted octanol–water partition coefficient (Wildman–Crippen LogP) is 2.13. The van der Waals surface area contributed by atoms with E-state index >= 15 is 0 Å². The number of thiocarbonyl (C=S) groups is 1. The maximum atomic E-state index is 5.81. The molecule has 0 radical (unpaired) electrons. The summed E-state index contributed by atoms with van der Waals surface area (Å²) in [6.45, 7) is 8.38. The first-order chi connectivity index (χ1) is 10.7. The SMILES string of the molecule is CCO[Si](CCCNC(=S)Nc1ncc[nH]1)(OCC)OCC. The summed E-state index contributed by atoms with van der Waals surface area (Å²) in [5.41, 5.74) is 0. The van der Waals surface area contributed by atoms with Crippen molar-refractivity contribution in [3.63, 3.8) is 0 Å².